The molecule has 0 radical (unpaired) electrons. The van der Waals surface area contributed by atoms with Crippen LogP contribution in [0.4, 0.5) is 4.79 Å². The third kappa shape index (κ3) is 4.97. The Morgan fingerprint density at radius 2 is 1.94 bits per heavy atom. The Morgan fingerprint density at radius 3 is 2.50 bits per heavy atom. The van der Waals surface area contributed by atoms with Crippen molar-refractivity contribution < 1.29 is 14.7 Å². The maximum atomic E-state index is 11.2. The molecule has 92 valence electrons. The highest BCUT2D eigenvalue weighted by atomic mass is 16.4. The zero-order chi connectivity index (χ0) is 12.0. The summed E-state index contributed by atoms with van der Waals surface area (Å²) in [6.07, 6.45) is 2.16. The second-order valence-corrected chi connectivity index (χ2v) is 4.20. The summed E-state index contributed by atoms with van der Waals surface area (Å²) in [6, 6.07) is -0.402. The minimum atomic E-state index is -1.03. The van der Waals surface area contributed by atoms with E-state index in [1.807, 2.05) is 0 Å². The van der Waals surface area contributed by atoms with E-state index in [1.165, 1.54) is 0 Å². The fraction of sp³-hybridized carbons (Fsp3) is 0.800. The van der Waals surface area contributed by atoms with E-state index in [2.05, 4.69) is 22.6 Å². The molecule has 1 heterocycles. The molecular formula is C10H19N3O3. The number of nitrogens with one attached hydrogen (secondary N) is 2. The number of piperidine rings is 1. The first-order chi connectivity index (χ1) is 7.58. The second kappa shape index (κ2) is 6.32. The zero-order valence-electron chi connectivity index (χ0n) is 9.53. The van der Waals surface area contributed by atoms with E-state index in [1.54, 1.807) is 0 Å². The first kappa shape index (κ1) is 12.8. The third-order valence-corrected chi connectivity index (χ3v) is 2.79. The van der Waals surface area contributed by atoms with Gasteiger partial charge in [0, 0.05) is 6.54 Å². The number of nitrogens with zero attached hydrogens (tertiary/aromatic N) is 1. The number of carboxylic acids is 1. The van der Waals surface area contributed by atoms with Gasteiger partial charge in [-0.1, -0.05) is 0 Å². The number of hydrogen-bond donors (Lipinski definition) is 3. The number of urea groups is 1. The minimum absolute atomic E-state index is 0.334. The molecule has 2 amide bonds. The molecule has 1 rings (SSSR count). The van der Waals surface area contributed by atoms with E-state index in [0.717, 1.165) is 25.9 Å². The Hall–Kier alpha value is -1.30. The maximum Gasteiger partial charge on any atom is 0.323 e. The van der Waals surface area contributed by atoms with Gasteiger partial charge in [-0.3, -0.25) is 4.79 Å². The highest BCUT2D eigenvalue weighted by Crippen LogP contribution is 2.14. The van der Waals surface area contributed by atoms with Crippen LogP contribution in [0.15, 0.2) is 0 Å². The lowest BCUT2D eigenvalue weighted by Gasteiger charge is -2.28. The molecule has 6 heteroatoms. The summed E-state index contributed by atoms with van der Waals surface area (Å²) in [5, 5.41) is 13.3. The minimum Gasteiger partial charge on any atom is -0.480 e. The third-order valence-electron chi connectivity index (χ3n) is 2.79. The largest absolute Gasteiger partial charge is 0.480 e. The Labute approximate surface area is 95.0 Å². The summed E-state index contributed by atoms with van der Waals surface area (Å²) in [5.74, 6) is -0.527. The van der Waals surface area contributed by atoms with Crippen molar-refractivity contribution in [3.8, 4) is 0 Å². The van der Waals surface area contributed by atoms with Crippen LogP contribution in [0.25, 0.3) is 0 Å². The van der Waals surface area contributed by atoms with Crippen LogP contribution in [0.1, 0.15) is 12.8 Å². The molecule has 1 saturated heterocycles. The molecule has 0 bridgehead atoms. The molecule has 0 saturated carbocycles. The Kier molecular flexibility index (Phi) is 5.04. The summed E-state index contributed by atoms with van der Waals surface area (Å²) in [7, 11) is 2.09. The molecule has 1 fully saturated rings. The number of carbonyl (C=O) groups is 2. The van der Waals surface area contributed by atoms with E-state index in [0.29, 0.717) is 12.5 Å². The van der Waals surface area contributed by atoms with Gasteiger partial charge in [0.15, 0.2) is 0 Å². The molecule has 0 unspecified atom stereocenters. The summed E-state index contributed by atoms with van der Waals surface area (Å²) in [4.78, 5) is 23.6. The summed E-state index contributed by atoms with van der Waals surface area (Å²) >= 11 is 0. The van der Waals surface area contributed by atoms with Crippen molar-refractivity contribution in [2.24, 2.45) is 5.92 Å². The standard InChI is InChI=1S/C10H19N3O3/c1-13-4-2-8(3-5-13)6-11-10(16)12-7-9(14)15/h8H,2-7H2,1H3,(H,14,15)(H2,11,12,16). The van der Waals surface area contributed by atoms with Crippen LogP contribution < -0.4 is 10.6 Å². The average Bonchev–Trinajstić information content (AvgIpc) is 2.25. The normalized spacial score (nSPS) is 18.1. The van der Waals surface area contributed by atoms with Gasteiger partial charge in [0.1, 0.15) is 6.54 Å². The van der Waals surface area contributed by atoms with Gasteiger partial charge >= 0.3 is 12.0 Å². The molecule has 1 aliphatic heterocycles. The lowest BCUT2D eigenvalue weighted by molar-refractivity contribution is -0.135. The van der Waals surface area contributed by atoms with Gasteiger partial charge in [0.05, 0.1) is 0 Å². The van der Waals surface area contributed by atoms with Crippen molar-refractivity contribution in [2.45, 2.75) is 12.8 Å². The fourth-order valence-electron chi connectivity index (χ4n) is 1.72. The van der Waals surface area contributed by atoms with Crippen LogP contribution in [0.5, 0.6) is 0 Å². The summed E-state index contributed by atoms with van der Waals surface area (Å²) < 4.78 is 0. The van der Waals surface area contributed by atoms with Crippen molar-refractivity contribution >= 4 is 12.0 Å². The van der Waals surface area contributed by atoms with Crippen LogP contribution in [0.2, 0.25) is 0 Å². The van der Waals surface area contributed by atoms with Crippen LogP contribution in [0.3, 0.4) is 0 Å². The Morgan fingerprint density at radius 1 is 1.31 bits per heavy atom. The number of carbonyl (C=O) groups excluding carboxylic acids is 1. The molecule has 3 N–H and O–H groups in total. The first-order valence-electron chi connectivity index (χ1n) is 5.50. The lowest BCUT2D eigenvalue weighted by atomic mass is 9.97. The summed E-state index contributed by atoms with van der Waals surface area (Å²) in [6.45, 7) is 2.41. The van der Waals surface area contributed by atoms with E-state index < -0.39 is 12.0 Å². The Balaban J connectivity index is 2.09. The van der Waals surface area contributed by atoms with Crippen molar-refractivity contribution in [3.63, 3.8) is 0 Å². The van der Waals surface area contributed by atoms with Gasteiger partial charge in [0.25, 0.3) is 0 Å². The van der Waals surface area contributed by atoms with Gasteiger partial charge in [0.2, 0.25) is 0 Å². The van der Waals surface area contributed by atoms with Crippen LogP contribution in [-0.2, 0) is 4.79 Å². The monoisotopic (exact) mass is 229 g/mol. The fourth-order valence-corrected chi connectivity index (χ4v) is 1.72. The second-order valence-electron chi connectivity index (χ2n) is 4.20. The van der Waals surface area contributed by atoms with Gasteiger partial charge in [-0.15, -0.1) is 0 Å². The number of likely N-dealkylation sites (tertiary alicyclic amines) is 1. The van der Waals surface area contributed by atoms with Crippen molar-refractivity contribution in [3.05, 3.63) is 0 Å². The van der Waals surface area contributed by atoms with E-state index in [-0.39, 0.29) is 6.54 Å². The lowest BCUT2D eigenvalue weighted by Crippen LogP contribution is -2.42. The average molecular weight is 229 g/mol. The van der Waals surface area contributed by atoms with Crippen LogP contribution in [0, 0.1) is 5.92 Å². The molecule has 0 aliphatic carbocycles. The molecule has 0 spiro atoms. The molecule has 0 aromatic rings. The van der Waals surface area contributed by atoms with Crippen molar-refractivity contribution in [2.75, 3.05) is 33.2 Å². The quantitative estimate of drug-likeness (QED) is 0.619. The maximum absolute atomic E-state index is 11.2. The molecule has 16 heavy (non-hydrogen) atoms. The molecule has 0 aromatic heterocycles. The molecule has 1 aliphatic rings. The molecule has 0 aromatic carbocycles. The number of amides is 2. The predicted molar refractivity (Wildman–Crippen MR) is 59.3 cm³/mol. The van der Waals surface area contributed by atoms with Crippen LogP contribution >= 0.6 is 0 Å². The predicted octanol–water partition coefficient (Wildman–Crippen LogP) is -0.288. The highest BCUT2D eigenvalue weighted by Gasteiger charge is 2.17. The number of aliphatic carboxylic acids is 1. The SMILES string of the molecule is CN1CCC(CNC(=O)NCC(=O)O)CC1. The van der Waals surface area contributed by atoms with Crippen molar-refractivity contribution in [1.82, 2.24) is 15.5 Å². The topological polar surface area (TPSA) is 81.7 Å². The number of hydrogen-bond acceptors (Lipinski definition) is 3. The van der Waals surface area contributed by atoms with Crippen molar-refractivity contribution in [1.29, 1.82) is 0 Å². The molecule has 0 atom stereocenters. The number of rotatable bonds is 4. The first-order valence-corrected chi connectivity index (χ1v) is 5.50. The molecular weight excluding hydrogens is 210 g/mol. The highest BCUT2D eigenvalue weighted by molar-refractivity contribution is 5.79. The number of carboxylic acid groups (broad SMARTS) is 1. The molecule has 6 nitrogen and oxygen atoms in total. The van der Waals surface area contributed by atoms with Gasteiger partial charge in [-0.25, -0.2) is 4.79 Å². The smallest absolute Gasteiger partial charge is 0.323 e. The van der Waals surface area contributed by atoms with E-state index in [9.17, 15) is 9.59 Å². The van der Waals surface area contributed by atoms with Gasteiger partial charge < -0.3 is 20.6 Å². The zero-order valence-corrected chi connectivity index (χ0v) is 9.53. The van der Waals surface area contributed by atoms with Gasteiger partial charge in [-0.05, 0) is 38.9 Å². The van der Waals surface area contributed by atoms with Gasteiger partial charge in [-0.2, -0.15) is 0 Å². The summed E-state index contributed by atoms with van der Waals surface area (Å²) in [5.41, 5.74) is 0. The Bertz CT molecular complexity index is 250. The van der Waals surface area contributed by atoms with E-state index >= 15 is 0 Å². The van der Waals surface area contributed by atoms with Crippen LogP contribution in [-0.4, -0.2) is 55.2 Å². The van der Waals surface area contributed by atoms with E-state index in [4.69, 9.17) is 5.11 Å².